The van der Waals surface area contributed by atoms with Crippen molar-refractivity contribution in [1.29, 1.82) is 0 Å². The quantitative estimate of drug-likeness (QED) is 0.402. The van der Waals surface area contributed by atoms with Gasteiger partial charge < -0.3 is 9.64 Å². The van der Waals surface area contributed by atoms with Gasteiger partial charge >= 0.3 is 0 Å². The molecule has 2 heterocycles. The third-order valence-corrected chi connectivity index (χ3v) is 6.63. The van der Waals surface area contributed by atoms with E-state index in [1.165, 1.54) is 29.9 Å². The fourth-order valence-corrected chi connectivity index (χ4v) is 4.62. The summed E-state index contributed by atoms with van der Waals surface area (Å²) in [5.74, 6) is -0.669. The Kier molecular flexibility index (Phi) is 8.13. The standard InChI is InChI=1S/C27H32FN3O4/c1-2-3-4-7-18-35-21-12-10-20(11-13-21)31-25(32)19-24(27(31)34)29-14-16-30(17-15-29)26(33)22-8-5-6-9-23(22)28/h5-6,8-13,24H,2-4,7,14-19H2,1H3. The Bertz CT molecular complexity index is 1050. The number of hydrogen-bond acceptors (Lipinski definition) is 5. The van der Waals surface area contributed by atoms with Crippen LogP contribution in [0.3, 0.4) is 0 Å². The van der Waals surface area contributed by atoms with Crippen LogP contribution in [0.25, 0.3) is 0 Å². The number of hydrogen-bond donors (Lipinski definition) is 0. The third-order valence-electron chi connectivity index (χ3n) is 6.63. The first-order chi connectivity index (χ1) is 17.0. The molecule has 35 heavy (non-hydrogen) atoms. The summed E-state index contributed by atoms with van der Waals surface area (Å²) in [6.45, 7) is 4.45. The van der Waals surface area contributed by atoms with Gasteiger partial charge in [0.05, 0.1) is 30.3 Å². The average molecular weight is 482 g/mol. The SMILES string of the molecule is CCCCCCOc1ccc(N2C(=O)CC(N3CCN(C(=O)c4ccccc4F)CC3)C2=O)cc1. The molecule has 2 aromatic carbocycles. The van der Waals surface area contributed by atoms with Gasteiger partial charge in [0.2, 0.25) is 5.91 Å². The summed E-state index contributed by atoms with van der Waals surface area (Å²) in [6.07, 6.45) is 4.61. The lowest BCUT2D eigenvalue weighted by molar-refractivity contribution is -0.123. The second kappa shape index (κ2) is 11.4. The Morgan fingerprint density at radius 1 is 0.971 bits per heavy atom. The van der Waals surface area contributed by atoms with Crippen LogP contribution in [0.5, 0.6) is 5.75 Å². The van der Waals surface area contributed by atoms with Gasteiger partial charge in [-0.1, -0.05) is 38.3 Å². The molecule has 2 aliphatic heterocycles. The molecule has 2 aliphatic rings. The lowest BCUT2D eigenvalue weighted by atomic mass is 10.1. The average Bonchev–Trinajstić information content (AvgIpc) is 3.18. The van der Waals surface area contributed by atoms with Gasteiger partial charge in [0.25, 0.3) is 11.8 Å². The summed E-state index contributed by atoms with van der Waals surface area (Å²) >= 11 is 0. The van der Waals surface area contributed by atoms with E-state index < -0.39 is 11.9 Å². The normalized spacial score (nSPS) is 18.9. The van der Waals surface area contributed by atoms with Crippen molar-refractivity contribution in [2.24, 2.45) is 0 Å². The zero-order valence-electron chi connectivity index (χ0n) is 20.1. The highest BCUT2D eigenvalue weighted by Gasteiger charge is 2.43. The Hall–Kier alpha value is -3.26. The van der Waals surface area contributed by atoms with E-state index in [0.29, 0.717) is 38.5 Å². The van der Waals surface area contributed by atoms with Crippen molar-refractivity contribution in [2.45, 2.75) is 45.1 Å². The Labute approximate surface area is 205 Å². The van der Waals surface area contributed by atoms with Gasteiger partial charge in [-0.05, 0) is 42.8 Å². The van der Waals surface area contributed by atoms with Crippen LogP contribution in [0.2, 0.25) is 0 Å². The number of nitrogens with zero attached hydrogens (tertiary/aromatic N) is 3. The molecule has 2 aromatic rings. The van der Waals surface area contributed by atoms with E-state index in [-0.39, 0.29) is 29.7 Å². The predicted octanol–water partition coefficient (Wildman–Crippen LogP) is 3.87. The summed E-state index contributed by atoms with van der Waals surface area (Å²) in [7, 11) is 0. The van der Waals surface area contributed by atoms with Gasteiger partial charge in [-0.25, -0.2) is 9.29 Å². The number of unbranched alkanes of at least 4 members (excludes halogenated alkanes) is 3. The summed E-state index contributed by atoms with van der Waals surface area (Å²) in [5.41, 5.74) is 0.585. The lowest BCUT2D eigenvalue weighted by Crippen LogP contribution is -2.54. The summed E-state index contributed by atoms with van der Waals surface area (Å²) < 4.78 is 19.7. The molecule has 1 unspecified atom stereocenters. The van der Waals surface area contributed by atoms with Crippen LogP contribution < -0.4 is 9.64 Å². The second-order valence-corrected chi connectivity index (χ2v) is 9.00. The van der Waals surface area contributed by atoms with Crippen molar-refractivity contribution in [2.75, 3.05) is 37.7 Å². The molecule has 186 valence electrons. The van der Waals surface area contributed by atoms with Crippen LogP contribution in [0.4, 0.5) is 10.1 Å². The summed E-state index contributed by atoms with van der Waals surface area (Å²) in [4.78, 5) is 43.3. The van der Waals surface area contributed by atoms with Crippen molar-refractivity contribution in [3.8, 4) is 5.75 Å². The van der Waals surface area contributed by atoms with Crippen molar-refractivity contribution < 1.29 is 23.5 Å². The van der Waals surface area contributed by atoms with Crippen LogP contribution in [0, 0.1) is 5.82 Å². The minimum atomic E-state index is -0.553. The molecule has 7 nitrogen and oxygen atoms in total. The van der Waals surface area contributed by atoms with Gasteiger partial charge in [-0.15, -0.1) is 0 Å². The molecule has 0 N–H and O–H groups in total. The molecule has 8 heteroatoms. The monoisotopic (exact) mass is 481 g/mol. The van der Waals surface area contributed by atoms with Gasteiger partial charge in [-0.3, -0.25) is 19.3 Å². The Balaban J connectivity index is 1.32. The maximum absolute atomic E-state index is 14.0. The van der Waals surface area contributed by atoms with Crippen LogP contribution in [-0.2, 0) is 9.59 Å². The van der Waals surface area contributed by atoms with Crippen LogP contribution in [0.15, 0.2) is 48.5 Å². The molecule has 3 amide bonds. The van der Waals surface area contributed by atoms with Gasteiger partial charge in [-0.2, -0.15) is 0 Å². The Morgan fingerprint density at radius 2 is 1.69 bits per heavy atom. The van der Waals surface area contributed by atoms with Gasteiger partial charge in [0.1, 0.15) is 11.6 Å². The molecule has 0 bridgehead atoms. The fraction of sp³-hybridized carbons (Fsp3) is 0.444. The number of carbonyl (C=O) groups is 3. The number of anilines is 1. The largest absolute Gasteiger partial charge is 0.494 e. The van der Waals surface area contributed by atoms with E-state index >= 15 is 0 Å². The Morgan fingerprint density at radius 3 is 2.37 bits per heavy atom. The lowest BCUT2D eigenvalue weighted by Gasteiger charge is -2.37. The molecular weight excluding hydrogens is 449 g/mol. The van der Waals surface area contributed by atoms with E-state index in [9.17, 15) is 18.8 Å². The van der Waals surface area contributed by atoms with Crippen LogP contribution in [0.1, 0.15) is 49.4 Å². The molecule has 1 atom stereocenters. The fourth-order valence-electron chi connectivity index (χ4n) is 4.62. The van der Waals surface area contributed by atoms with E-state index in [1.54, 1.807) is 41.3 Å². The van der Waals surface area contributed by atoms with Crippen LogP contribution >= 0.6 is 0 Å². The first-order valence-corrected chi connectivity index (χ1v) is 12.4. The van der Waals surface area contributed by atoms with Gasteiger partial charge in [0.15, 0.2) is 0 Å². The maximum Gasteiger partial charge on any atom is 0.256 e. The molecule has 2 saturated heterocycles. The third kappa shape index (κ3) is 5.70. The van der Waals surface area contributed by atoms with Crippen LogP contribution in [-0.4, -0.2) is 66.3 Å². The highest BCUT2D eigenvalue weighted by Crippen LogP contribution is 2.28. The number of carbonyl (C=O) groups excluding carboxylic acids is 3. The minimum Gasteiger partial charge on any atom is -0.494 e. The number of ether oxygens (including phenoxy) is 1. The molecule has 0 spiro atoms. The number of piperazine rings is 1. The first-order valence-electron chi connectivity index (χ1n) is 12.4. The predicted molar refractivity (Wildman–Crippen MR) is 131 cm³/mol. The van der Waals surface area contributed by atoms with E-state index in [4.69, 9.17) is 4.74 Å². The molecule has 0 saturated carbocycles. The van der Waals surface area contributed by atoms with E-state index in [1.807, 2.05) is 4.90 Å². The number of benzene rings is 2. The number of rotatable bonds is 9. The van der Waals surface area contributed by atoms with Crippen molar-refractivity contribution in [3.63, 3.8) is 0 Å². The summed E-state index contributed by atoms with van der Waals surface area (Å²) in [6, 6.07) is 12.4. The molecule has 0 radical (unpaired) electrons. The molecule has 0 aliphatic carbocycles. The van der Waals surface area contributed by atoms with E-state index in [0.717, 1.165) is 18.6 Å². The highest BCUT2D eigenvalue weighted by atomic mass is 19.1. The molecule has 2 fully saturated rings. The molecule has 4 rings (SSSR count). The summed E-state index contributed by atoms with van der Waals surface area (Å²) in [5, 5.41) is 0. The number of halogens is 1. The minimum absolute atomic E-state index is 0.0487. The van der Waals surface area contributed by atoms with E-state index in [2.05, 4.69) is 6.92 Å². The number of amides is 3. The molecule has 0 aromatic heterocycles. The zero-order chi connectivity index (χ0) is 24.8. The smallest absolute Gasteiger partial charge is 0.256 e. The first kappa shape index (κ1) is 24.9. The second-order valence-electron chi connectivity index (χ2n) is 9.00. The highest BCUT2D eigenvalue weighted by molar-refractivity contribution is 6.22. The van der Waals surface area contributed by atoms with Crippen molar-refractivity contribution in [3.05, 3.63) is 59.9 Å². The molecular formula is C27H32FN3O4. The van der Waals surface area contributed by atoms with Gasteiger partial charge in [0, 0.05) is 26.2 Å². The topological polar surface area (TPSA) is 70.2 Å². The van der Waals surface area contributed by atoms with Crippen molar-refractivity contribution in [1.82, 2.24) is 9.80 Å². The van der Waals surface area contributed by atoms with Crippen molar-refractivity contribution >= 4 is 23.4 Å². The zero-order valence-corrected chi connectivity index (χ0v) is 20.1. The number of imide groups is 1. The maximum atomic E-state index is 14.0.